The first kappa shape index (κ1) is 15.0. The van der Waals surface area contributed by atoms with Crippen molar-refractivity contribution in [3.05, 3.63) is 42.0 Å². The van der Waals surface area contributed by atoms with Gasteiger partial charge in [-0.25, -0.2) is 5.43 Å². The van der Waals surface area contributed by atoms with Crippen molar-refractivity contribution >= 4 is 22.9 Å². The first-order valence-corrected chi connectivity index (χ1v) is 7.25. The molecule has 0 saturated carbocycles. The number of carbonyl (C=O) groups excluding carboxylic acids is 1. The van der Waals surface area contributed by atoms with E-state index in [1.165, 1.54) is 6.21 Å². The Kier molecular flexibility index (Phi) is 5.32. The van der Waals surface area contributed by atoms with Gasteiger partial charge in [-0.15, -0.1) is 0 Å². The monoisotopic (exact) mass is 284 g/mol. The number of rotatable bonds is 6. The molecule has 0 heterocycles. The lowest BCUT2D eigenvalue weighted by Gasteiger charge is -2.04. The largest absolute Gasteiger partial charge is 0.507 e. The lowest BCUT2D eigenvalue weighted by Crippen LogP contribution is -2.16. The molecule has 2 aromatic carbocycles. The van der Waals surface area contributed by atoms with E-state index in [4.69, 9.17) is 0 Å². The number of hydrazone groups is 1. The highest BCUT2D eigenvalue weighted by molar-refractivity contribution is 5.97. The molecule has 21 heavy (non-hydrogen) atoms. The molecule has 0 spiro atoms. The number of phenols is 1. The van der Waals surface area contributed by atoms with Gasteiger partial charge < -0.3 is 5.11 Å². The molecule has 0 aromatic heterocycles. The quantitative estimate of drug-likeness (QED) is 0.484. The van der Waals surface area contributed by atoms with E-state index in [2.05, 4.69) is 17.5 Å². The standard InChI is InChI=1S/C17H20N2O2/c1-2-3-4-9-16(20)19-18-12-14-11-10-13-7-5-6-8-15(13)17(14)21/h5-8,10-12,21H,2-4,9H2,1H3,(H,19,20). The van der Waals surface area contributed by atoms with Crippen LogP contribution in [0.15, 0.2) is 41.5 Å². The minimum Gasteiger partial charge on any atom is -0.507 e. The molecular formula is C17H20N2O2. The fourth-order valence-corrected chi connectivity index (χ4v) is 2.14. The summed E-state index contributed by atoms with van der Waals surface area (Å²) >= 11 is 0. The Labute approximate surface area is 124 Å². The number of hydrogen-bond acceptors (Lipinski definition) is 3. The molecule has 2 rings (SSSR count). The Morgan fingerprint density at radius 2 is 2.05 bits per heavy atom. The minimum absolute atomic E-state index is 0.0972. The normalized spacial score (nSPS) is 11.1. The zero-order valence-electron chi connectivity index (χ0n) is 12.2. The first-order chi connectivity index (χ1) is 10.2. The van der Waals surface area contributed by atoms with E-state index in [-0.39, 0.29) is 11.7 Å². The molecule has 0 aliphatic rings. The Morgan fingerprint density at radius 3 is 2.86 bits per heavy atom. The van der Waals surface area contributed by atoms with Crippen molar-refractivity contribution in [3.63, 3.8) is 0 Å². The highest BCUT2D eigenvalue weighted by Gasteiger charge is 2.04. The Bertz CT molecular complexity index is 650. The van der Waals surface area contributed by atoms with Gasteiger partial charge in [-0.2, -0.15) is 5.10 Å². The minimum atomic E-state index is -0.0972. The maximum Gasteiger partial charge on any atom is 0.240 e. The summed E-state index contributed by atoms with van der Waals surface area (Å²) in [5.74, 6) is 0.0806. The molecule has 0 atom stereocenters. The average Bonchev–Trinajstić information content (AvgIpc) is 2.50. The summed E-state index contributed by atoms with van der Waals surface area (Å²) in [6.07, 6.45) is 4.96. The van der Waals surface area contributed by atoms with Gasteiger partial charge >= 0.3 is 0 Å². The van der Waals surface area contributed by atoms with Crippen LogP contribution >= 0.6 is 0 Å². The molecule has 0 bridgehead atoms. The molecule has 2 aromatic rings. The molecule has 2 N–H and O–H groups in total. The summed E-state index contributed by atoms with van der Waals surface area (Å²) in [5, 5.41) is 15.8. The van der Waals surface area contributed by atoms with Crippen LogP contribution in [0.4, 0.5) is 0 Å². The van der Waals surface area contributed by atoms with Crippen molar-refractivity contribution in [1.29, 1.82) is 0 Å². The number of aromatic hydroxyl groups is 1. The van der Waals surface area contributed by atoms with Gasteiger partial charge in [0.25, 0.3) is 0 Å². The fourth-order valence-electron chi connectivity index (χ4n) is 2.14. The van der Waals surface area contributed by atoms with Crippen LogP contribution in [0.1, 0.15) is 38.2 Å². The second kappa shape index (κ2) is 7.43. The van der Waals surface area contributed by atoms with Gasteiger partial charge in [0, 0.05) is 17.4 Å². The second-order valence-electron chi connectivity index (χ2n) is 4.97. The zero-order valence-corrected chi connectivity index (χ0v) is 12.2. The van der Waals surface area contributed by atoms with E-state index in [1.807, 2.05) is 30.3 Å². The van der Waals surface area contributed by atoms with Gasteiger partial charge in [0.15, 0.2) is 0 Å². The number of nitrogens with zero attached hydrogens (tertiary/aromatic N) is 1. The molecule has 0 unspecified atom stereocenters. The number of unbranched alkanes of at least 4 members (excludes halogenated alkanes) is 2. The van der Waals surface area contributed by atoms with E-state index in [0.29, 0.717) is 12.0 Å². The van der Waals surface area contributed by atoms with Gasteiger partial charge in [-0.05, 0) is 17.9 Å². The van der Waals surface area contributed by atoms with Crippen molar-refractivity contribution in [2.45, 2.75) is 32.6 Å². The second-order valence-corrected chi connectivity index (χ2v) is 4.97. The summed E-state index contributed by atoms with van der Waals surface area (Å²) in [6, 6.07) is 11.3. The van der Waals surface area contributed by atoms with E-state index in [1.54, 1.807) is 6.07 Å². The highest BCUT2D eigenvalue weighted by atomic mass is 16.3. The molecule has 110 valence electrons. The summed E-state index contributed by atoms with van der Waals surface area (Å²) in [5.41, 5.74) is 3.07. The molecule has 0 aliphatic heterocycles. The van der Waals surface area contributed by atoms with E-state index in [9.17, 15) is 9.90 Å². The van der Waals surface area contributed by atoms with Gasteiger partial charge in [0.2, 0.25) is 5.91 Å². The van der Waals surface area contributed by atoms with Crippen LogP contribution in [0.25, 0.3) is 10.8 Å². The molecule has 4 nitrogen and oxygen atoms in total. The van der Waals surface area contributed by atoms with E-state index in [0.717, 1.165) is 30.0 Å². The van der Waals surface area contributed by atoms with E-state index >= 15 is 0 Å². The number of hydrogen-bond donors (Lipinski definition) is 2. The number of amides is 1. The Morgan fingerprint density at radius 1 is 1.24 bits per heavy atom. The fraction of sp³-hybridized carbons (Fsp3) is 0.294. The molecule has 0 saturated heterocycles. The lowest BCUT2D eigenvalue weighted by atomic mass is 10.1. The van der Waals surface area contributed by atoms with Crippen molar-refractivity contribution in [2.75, 3.05) is 0 Å². The van der Waals surface area contributed by atoms with Crippen molar-refractivity contribution in [2.24, 2.45) is 5.10 Å². The van der Waals surface area contributed by atoms with Gasteiger partial charge in [0.1, 0.15) is 5.75 Å². The van der Waals surface area contributed by atoms with Crippen LogP contribution in [0, 0.1) is 0 Å². The van der Waals surface area contributed by atoms with E-state index < -0.39 is 0 Å². The average molecular weight is 284 g/mol. The third-order valence-corrected chi connectivity index (χ3v) is 3.33. The summed E-state index contributed by atoms with van der Waals surface area (Å²) in [7, 11) is 0. The van der Waals surface area contributed by atoms with Crippen LogP contribution < -0.4 is 5.43 Å². The van der Waals surface area contributed by atoms with Crippen molar-refractivity contribution < 1.29 is 9.90 Å². The molecule has 0 radical (unpaired) electrons. The molecule has 4 heteroatoms. The zero-order chi connectivity index (χ0) is 15.1. The third kappa shape index (κ3) is 4.05. The topological polar surface area (TPSA) is 61.7 Å². The first-order valence-electron chi connectivity index (χ1n) is 7.25. The van der Waals surface area contributed by atoms with Crippen LogP contribution in [0.2, 0.25) is 0 Å². The van der Waals surface area contributed by atoms with Crippen LogP contribution in [-0.4, -0.2) is 17.2 Å². The van der Waals surface area contributed by atoms with Gasteiger partial charge in [-0.1, -0.05) is 50.1 Å². The van der Waals surface area contributed by atoms with Crippen molar-refractivity contribution in [3.8, 4) is 5.75 Å². The van der Waals surface area contributed by atoms with Gasteiger partial charge in [-0.3, -0.25) is 4.79 Å². The molecule has 1 amide bonds. The SMILES string of the molecule is CCCCCC(=O)NN=Cc1ccc2ccccc2c1O. The maximum atomic E-state index is 11.5. The highest BCUT2D eigenvalue weighted by Crippen LogP contribution is 2.27. The predicted molar refractivity (Wildman–Crippen MR) is 85.5 cm³/mol. The van der Waals surface area contributed by atoms with Crippen LogP contribution in [0.5, 0.6) is 5.75 Å². The molecule has 0 aliphatic carbocycles. The van der Waals surface area contributed by atoms with Crippen molar-refractivity contribution in [1.82, 2.24) is 5.43 Å². The summed E-state index contributed by atoms with van der Waals surface area (Å²) in [4.78, 5) is 11.5. The smallest absolute Gasteiger partial charge is 0.240 e. The molecule has 0 fully saturated rings. The Hall–Kier alpha value is -2.36. The van der Waals surface area contributed by atoms with Crippen LogP contribution in [-0.2, 0) is 4.79 Å². The third-order valence-electron chi connectivity index (χ3n) is 3.33. The molecular weight excluding hydrogens is 264 g/mol. The number of benzene rings is 2. The predicted octanol–water partition coefficient (Wildman–Crippen LogP) is 3.58. The number of carbonyl (C=O) groups is 1. The number of phenolic OH excluding ortho intramolecular Hbond substituents is 1. The number of fused-ring (bicyclic) bond motifs is 1. The lowest BCUT2D eigenvalue weighted by molar-refractivity contribution is -0.121. The van der Waals surface area contributed by atoms with Crippen LogP contribution in [0.3, 0.4) is 0 Å². The summed E-state index contributed by atoms with van der Waals surface area (Å²) in [6.45, 7) is 2.10. The maximum absolute atomic E-state index is 11.5. The summed E-state index contributed by atoms with van der Waals surface area (Å²) < 4.78 is 0. The van der Waals surface area contributed by atoms with Gasteiger partial charge in [0.05, 0.1) is 6.21 Å². The Balaban J connectivity index is 2.01. The number of nitrogens with one attached hydrogen (secondary N) is 1.